The zero-order chi connectivity index (χ0) is 18.5. The number of rotatable bonds is 5. The number of carbonyl (C=O) groups is 2. The Morgan fingerprint density at radius 1 is 1.15 bits per heavy atom. The molecule has 0 aromatic heterocycles. The fourth-order valence-electron chi connectivity index (χ4n) is 2.31. The Kier molecular flexibility index (Phi) is 5.31. The summed E-state index contributed by atoms with van der Waals surface area (Å²) in [7, 11) is 0. The molecule has 26 heavy (non-hydrogen) atoms. The van der Waals surface area contributed by atoms with E-state index in [-0.39, 0.29) is 19.3 Å². The summed E-state index contributed by atoms with van der Waals surface area (Å²) in [6.45, 7) is -0.187. The molecule has 0 spiro atoms. The summed E-state index contributed by atoms with van der Waals surface area (Å²) in [5, 5.41) is 2.54. The number of halogens is 2. The predicted molar refractivity (Wildman–Crippen MR) is 86.0 cm³/mol. The molecule has 136 valence electrons. The number of fused-ring (bicyclic) bond motifs is 1. The normalized spacial score (nSPS) is 15.2. The van der Waals surface area contributed by atoms with Gasteiger partial charge in [-0.25, -0.2) is 13.6 Å². The molecule has 1 amide bonds. The SMILES string of the molecule is O=C(COC(=O)c1ccc(F)cc1F)NCC1COc2ccccc2O1. The number of esters is 1. The number of carbonyl (C=O) groups excluding carboxylic acids is 2. The average Bonchev–Trinajstić information content (AvgIpc) is 2.64. The number of ether oxygens (including phenoxy) is 3. The number of hydrogen-bond acceptors (Lipinski definition) is 5. The van der Waals surface area contributed by atoms with Crippen molar-refractivity contribution in [1.29, 1.82) is 0 Å². The fraction of sp³-hybridized carbons (Fsp3) is 0.222. The van der Waals surface area contributed by atoms with Gasteiger partial charge < -0.3 is 19.5 Å². The lowest BCUT2D eigenvalue weighted by atomic mass is 10.2. The van der Waals surface area contributed by atoms with Crippen LogP contribution in [0.2, 0.25) is 0 Å². The summed E-state index contributed by atoms with van der Waals surface area (Å²) in [5.74, 6) is -2.29. The second kappa shape index (κ2) is 7.81. The monoisotopic (exact) mass is 363 g/mol. The molecule has 0 saturated carbocycles. The minimum Gasteiger partial charge on any atom is -0.486 e. The van der Waals surface area contributed by atoms with Crippen LogP contribution in [-0.4, -0.2) is 37.7 Å². The number of hydrogen-bond donors (Lipinski definition) is 1. The topological polar surface area (TPSA) is 73.9 Å². The van der Waals surface area contributed by atoms with Crippen LogP contribution >= 0.6 is 0 Å². The first-order valence-corrected chi connectivity index (χ1v) is 7.80. The van der Waals surface area contributed by atoms with Crippen molar-refractivity contribution in [2.24, 2.45) is 0 Å². The molecule has 1 atom stereocenters. The first-order valence-electron chi connectivity index (χ1n) is 7.80. The molecule has 1 heterocycles. The molecule has 0 fully saturated rings. The Hall–Kier alpha value is -3.16. The maximum Gasteiger partial charge on any atom is 0.341 e. The molecule has 1 unspecified atom stereocenters. The van der Waals surface area contributed by atoms with Gasteiger partial charge in [-0.15, -0.1) is 0 Å². The van der Waals surface area contributed by atoms with Gasteiger partial charge in [-0.05, 0) is 24.3 Å². The Morgan fingerprint density at radius 2 is 1.92 bits per heavy atom. The van der Waals surface area contributed by atoms with Crippen LogP contribution in [0.25, 0.3) is 0 Å². The molecule has 2 aromatic rings. The lowest BCUT2D eigenvalue weighted by molar-refractivity contribution is -0.124. The highest BCUT2D eigenvalue weighted by molar-refractivity contribution is 5.91. The van der Waals surface area contributed by atoms with Crippen molar-refractivity contribution in [2.75, 3.05) is 19.8 Å². The molecule has 1 aliphatic rings. The Labute approximate surface area is 147 Å². The minimum atomic E-state index is -1.05. The van der Waals surface area contributed by atoms with Crippen molar-refractivity contribution in [2.45, 2.75) is 6.10 Å². The summed E-state index contributed by atoms with van der Waals surface area (Å²) in [4.78, 5) is 23.5. The van der Waals surface area contributed by atoms with Crippen molar-refractivity contribution < 1.29 is 32.6 Å². The van der Waals surface area contributed by atoms with Gasteiger partial charge in [-0.3, -0.25) is 4.79 Å². The zero-order valence-corrected chi connectivity index (χ0v) is 13.5. The number of nitrogens with one attached hydrogen (secondary N) is 1. The Balaban J connectivity index is 1.44. The molecule has 0 saturated heterocycles. The summed E-state index contributed by atoms with van der Waals surface area (Å²) in [6, 6.07) is 9.60. The van der Waals surface area contributed by atoms with Crippen LogP contribution in [0.15, 0.2) is 42.5 Å². The molecule has 0 aliphatic carbocycles. The molecule has 2 aromatic carbocycles. The van der Waals surface area contributed by atoms with E-state index in [0.717, 1.165) is 12.1 Å². The van der Waals surface area contributed by atoms with Crippen molar-refractivity contribution in [1.82, 2.24) is 5.32 Å². The lowest BCUT2D eigenvalue weighted by Crippen LogP contribution is -2.42. The van der Waals surface area contributed by atoms with E-state index in [1.165, 1.54) is 0 Å². The summed E-state index contributed by atoms with van der Waals surface area (Å²) in [6.07, 6.45) is -0.390. The van der Waals surface area contributed by atoms with Gasteiger partial charge in [0.1, 0.15) is 24.3 Å². The Bertz CT molecular complexity index is 827. The van der Waals surface area contributed by atoms with Crippen LogP contribution in [0.3, 0.4) is 0 Å². The highest BCUT2D eigenvalue weighted by atomic mass is 19.1. The molecule has 6 nitrogen and oxygen atoms in total. The van der Waals surface area contributed by atoms with Gasteiger partial charge in [0, 0.05) is 6.07 Å². The lowest BCUT2D eigenvalue weighted by Gasteiger charge is -2.26. The van der Waals surface area contributed by atoms with Crippen LogP contribution in [0, 0.1) is 11.6 Å². The zero-order valence-electron chi connectivity index (χ0n) is 13.5. The van der Waals surface area contributed by atoms with Gasteiger partial charge in [0.15, 0.2) is 18.1 Å². The van der Waals surface area contributed by atoms with E-state index in [9.17, 15) is 18.4 Å². The van der Waals surface area contributed by atoms with Crippen molar-refractivity contribution in [3.63, 3.8) is 0 Å². The van der Waals surface area contributed by atoms with Crippen LogP contribution in [0.4, 0.5) is 8.78 Å². The van der Waals surface area contributed by atoms with Gasteiger partial charge in [-0.1, -0.05) is 12.1 Å². The second-order valence-electron chi connectivity index (χ2n) is 5.50. The quantitative estimate of drug-likeness (QED) is 0.824. The first kappa shape index (κ1) is 17.7. The average molecular weight is 363 g/mol. The summed E-state index contributed by atoms with van der Waals surface area (Å²) >= 11 is 0. The minimum absolute atomic E-state index is 0.148. The first-order chi connectivity index (χ1) is 12.5. The fourth-order valence-corrected chi connectivity index (χ4v) is 2.31. The maximum atomic E-state index is 13.5. The summed E-state index contributed by atoms with van der Waals surface area (Å²) in [5.41, 5.74) is -0.445. The van der Waals surface area contributed by atoms with Crippen molar-refractivity contribution >= 4 is 11.9 Å². The van der Waals surface area contributed by atoms with Crippen LogP contribution in [0.1, 0.15) is 10.4 Å². The van der Waals surface area contributed by atoms with E-state index in [4.69, 9.17) is 14.2 Å². The van der Waals surface area contributed by atoms with Crippen molar-refractivity contribution in [3.05, 3.63) is 59.7 Å². The largest absolute Gasteiger partial charge is 0.486 e. The third-order valence-corrected chi connectivity index (χ3v) is 3.58. The molecule has 8 heteroatoms. The molecule has 0 radical (unpaired) electrons. The Morgan fingerprint density at radius 3 is 2.69 bits per heavy atom. The molecule has 1 N–H and O–H groups in total. The molecule has 0 bridgehead atoms. The van der Waals surface area contributed by atoms with Crippen LogP contribution < -0.4 is 14.8 Å². The van der Waals surface area contributed by atoms with Crippen LogP contribution in [-0.2, 0) is 9.53 Å². The molecular formula is C18H15F2NO5. The van der Waals surface area contributed by atoms with E-state index in [2.05, 4.69) is 5.32 Å². The van der Waals surface area contributed by atoms with Gasteiger partial charge in [-0.2, -0.15) is 0 Å². The van der Waals surface area contributed by atoms with Gasteiger partial charge in [0.25, 0.3) is 5.91 Å². The van der Waals surface area contributed by atoms with E-state index in [0.29, 0.717) is 17.6 Å². The third kappa shape index (κ3) is 4.27. The van der Waals surface area contributed by atoms with E-state index < -0.39 is 35.7 Å². The van der Waals surface area contributed by atoms with Crippen LogP contribution in [0.5, 0.6) is 11.5 Å². The van der Waals surface area contributed by atoms with Crippen molar-refractivity contribution in [3.8, 4) is 11.5 Å². The number of para-hydroxylation sites is 2. The van der Waals surface area contributed by atoms with E-state index in [1.807, 2.05) is 6.07 Å². The van der Waals surface area contributed by atoms with E-state index >= 15 is 0 Å². The van der Waals surface area contributed by atoms with E-state index in [1.54, 1.807) is 18.2 Å². The number of benzene rings is 2. The molecule has 3 rings (SSSR count). The smallest absolute Gasteiger partial charge is 0.341 e. The van der Waals surface area contributed by atoms with Gasteiger partial charge in [0.2, 0.25) is 0 Å². The van der Waals surface area contributed by atoms with Gasteiger partial charge in [0.05, 0.1) is 12.1 Å². The third-order valence-electron chi connectivity index (χ3n) is 3.58. The molecule has 1 aliphatic heterocycles. The highest BCUT2D eigenvalue weighted by Crippen LogP contribution is 2.30. The highest BCUT2D eigenvalue weighted by Gasteiger charge is 2.21. The second-order valence-corrected chi connectivity index (χ2v) is 5.50. The van der Waals surface area contributed by atoms with Gasteiger partial charge >= 0.3 is 5.97 Å². The predicted octanol–water partition coefficient (Wildman–Crippen LogP) is 2.08. The molecular weight excluding hydrogens is 348 g/mol. The maximum absolute atomic E-state index is 13.5. The number of amides is 1. The summed E-state index contributed by atoms with van der Waals surface area (Å²) < 4.78 is 42.2. The standard InChI is InChI=1S/C18H15F2NO5/c19-11-5-6-13(14(20)7-11)18(23)25-10-17(22)21-8-12-9-24-15-3-1-2-4-16(15)26-12/h1-7,12H,8-10H2,(H,21,22).